The first kappa shape index (κ1) is 16.3. The first-order valence-electron chi connectivity index (χ1n) is 6.36. The van der Waals surface area contributed by atoms with Crippen LogP contribution in [0.5, 0.6) is 0 Å². The molecule has 0 heterocycles. The third kappa shape index (κ3) is 5.48. The maximum atomic E-state index is 11.8. The van der Waals surface area contributed by atoms with E-state index in [4.69, 9.17) is 16.7 Å². The van der Waals surface area contributed by atoms with E-state index < -0.39 is 11.9 Å². The van der Waals surface area contributed by atoms with Gasteiger partial charge in [0.1, 0.15) is 0 Å². The number of aliphatic carboxylic acids is 1. The Bertz CT molecular complexity index is 479. The molecule has 0 saturated heterocycles. The number of carboxylic acid groups (broad SMARTS) is 1. The van der Waals surface area contributed by atoms with E-state index in [0.29, 0.717) is 24.5 Å². The highest BCUT2D eigenvalue weighted by Crippen LogP contribution is 2.12. The van der Waals surface area contributed by atoms with Crippen LogP contribution in [-0.4, -0.2) is 35.6 Å². The Balaban J connectivity index is 2.38. The van der Waals surface area contributed by atoms with E-state index in [2.05, 4.69) is 5.32 Å². The molecule has 6 heteroatoms. The molecule has 0 aliphatic carbocycles. The fraction of sp³-hybridized carbons (Fsp3) is 0.429. The standard InChI is InChI=1S/C14H19ClN2O3/c1-10(13(18)19)6-7-16-14(20)17(2)9-11-4-3-5-12(15)8-11/h3-5,8,10H,6-7,9H2,1-2H3,(H,16,20)(H,18,19). The van der Waals surface area contributed by atoms with E-state index in [-0.39, 0.29) is 6.03 Å². The molecule has 0 aliphatic rings. The minimum absolute atomic E-state index is 0.234. The van der Waals surface area contributed by atoms with Crippen molar-refractivity contribution in [3.05, 3.63) is 34.9 Å². The van der Waals surface area contributed by atoms with Gasteiger partial charge in [0, 0.05) is 25.2 Å². The number of amides is 2. The minimum atomic E-state index is -0.855. The van der Waals surface area contributed by atoms with Crippen molar-refractivity contribution in [3.63, 3.8) is 0 Å². The van der Waals surface area contributed by atoms with Gasteiger partial charge in [-0.3, -0.25) is 4.79 Å². The molecule has 0 spiro atoms. The van der Waals surface area contributed by atoms with Crippen molar-refractivity contribution in [1.29, 1.82) is 0 Å². The Morgan fingerprint density at radius 2 is 2.15 bits per heavy atom. The third-order valence-corrected chi connectivity index (χ3v) is 3.17. The molecule has 0 aromatic heterocycles. The second kappa shape index (κ2) is 7.75. The topological polar surface area (TPSA) is 69.6 Å². The number of carboxylic acids is 1. The number of nitrogens with zero attached hydrogens (tertiary/aromatic N) is 1. The van der Waals surface area contributed by atoms with Crippen molar-refractivity contribution in [2.75, 3.05) is 13.6 Å². The molecule has 2 N–H and O–H groups in total. The summed E-state index contributed by atoms with van der Waals surface area (Å²) in [5.74, 6) is -1.32. The van der Waals surface area contributed by atoms with Crippen molar-refractivity contribution in [2.24, 2.45) is 5.92 Å². The highest BCUT2D eigenvalue weighted by atomic mass is 35.5. The van der Waals surface area contributed by atoms with Gasteiger partial charge in [-0.15, -0.1) is 0 Å². The lowest BCUT2D eigenvalue weighted by molar-refractivity contribution is -0.141. The van der Waals surface area contributed by atoms with Crippen LogP contribution < -0.4 is 5.32 Å². The molecule has 1 atom stereocenters. The van der Waals surface area contributed by atoms with Gasteiger partial charge in [-0.25, -0.2) is 4.79 Å². The van der Waals surface area contributed by atoms with Crippen LogP contribution in [0.1, 0.15) is 18.9 Å². The molecule has 0 aliphatic heterocycles. The van der Waals surface area contributed by atoms with Crippen molar-refractivity contribution in [1.82, 2.24) is 10.2 Å². The molecular formula is C14H19ClN2O3. The average molecular weight is 299 g/mol. The van der Waals surface area contributed by atoms with E-state index in [9.17, 15) is 9.59 Å². The van der Waals surface area contributed by atoms with Crippen LogP contribution in [-0.2, 0) is 11.3 Å². The third-order valence-electron chi connectivity index (χ3n) is 2.93. The van der Waals surface area contributed by atoms with Crippen LogP contribution in [0.3, 0.4) is 0 Å². The lowest BCUT2D eigenvalue weighted by atomic mass is 10.1. The fourth-order valence-corrected chi connectivity index (χ4v) is 1.85. The number of halogens is 1. The maximum Gasteiger partial charge on any atom is 0.317 e. The van der Waals surface area contributed by atoms with Gasteiger partial charge in [-0.1, -0.05) is 30.7 Å². The predicted molar refractivity (Wildman–Crippen MR) is 77.7 cm³/mol. The number of hydrogen-bond acceptors (Lipinski definition) is 2. The normalized spacial score (nSPS) is 11.8. The zero-order valence-electron chi connectivity index (χ0n) is 11.6. The van der Waals surface area contributed by atoms with Gasteiger partial charge in [-0.05, 0) is 24.1 Å². The molecule has 1 aromatic rings. The molecule has 0 fully saturated rings. The summed E-state index contributed by atoms with van der Waals surface area (Å²) in [6.45, 7) is 2.40. The molecule has 110 valence electrons. The molecule has 1 aromatic carbocycles. The minimum Gasteiger partial charge on any atom is -0.481 e. The summed E-state index contributed by atoms with van der Waals surface area (Å²) in [7, 11) is 1.68. The summed E-state index contributed by atoms with van der Waals surface area (Å²) >= 11 is 5.88. The monoisotopic (exact) mass is 298 g/mol. The maximum absolute atomic E-state index is 11.8. The quantitative estimate of drug-likeness (QED) is 0.848. The molecule has 1 unspecified atom stereocenters. The van der Waals surface area contributed by atoms with Crippen molar-refractivity contribution >= 4 is 23.6 Å². The number of carbonyl (C=O) groups is 2. The number of carbonyl (C=O) groups excluding carboxylic acids is 1. The molecular weight excluding hydrogens is 280 g/mol. The van der Waals surface area contributed by atoms with Crippen LogP contribution in [0, 0.1) is 5.92 Å². The number of nitrogens with one attached hydrogen (secondary N) is 1. The molecule has 0 bridgehead atoms. The Kier molecular flexibility index (Phi) is 6.31. The van der Waals surface area contributed by atoms with Gasteiger partial charge in [0.2, 0.25) is 0 Å². The molecule has 0 saturated carbocycles. The molecule has 2 amide bonds. The summed E-state index contributed by atoms with van der Waals surface area (Å²) < 4.78 is 0. The molecule has 20 heavy (non-hydrogen) atoms. The first-order chi connectivity index (χ1) is 9.40. The van der Waals surface area contributed by atoms with Gasteiger partial charge in [0.25, 0.3) is 0 Å². The zero-order valence-corrected chi connectivity index (χ0v) is 12.4. The Hall–Kier alpha value is -1.75. The van der Waals surface area contributed by atoms with Crippen LogP contribution in [0.4, 0.5) is 4.79 Å². The van der Waals surface area contributed by atoms with Gasteiger partial charge < -0.3 is 15.3 Å². The van der Waals surface area contributed by atoms with E-state index in [1.54, 1.807) is 26.1 Å². The average Bonchev–Trinajstić information content (AvgIpc) is 2.38. The second-order valence-electron chi connectivity index (χ2n) is 4.75. The fourth-order valence-electron chi connectivity index (χ4n) is 1.64. The summed E-state index contributed by atoms with van der Waals surface area (Å²) in [5, 5.41) is 12.1. The van der Waals surface area contributed by atoms with Crippen LogP contribution in [0.25, 0.3) is 0 Å². The summed E-state index contributed by atoms with van der Waals surface area (Å²) in [4.78, 5) is 24.0. The molecule has 1 rings (SSSR count). The van der Waals surface area contributed by atoms with Crippen molar-refractivity contribution in [3.8, 4) is 0 Å². The Labute approximate surface area is 123 Å². The second-order valence-corrected chi connectivity index (χ2v) is 5.18. The van der Waals surface area contributed by atoms with Crippen molar-refractivity contribution in [2.45, 2.75) is 19.9 Å². The first-order valence-corrected chi connectivity index (χ1v) is 6.74. The number of rotatable bonds is 6. The van der Waals surface area contributed by atoms with E-state index in [0.717, 1.165) is 5.56 Å². The smallest absolute Gasteiger partial charge is 0.317 e. The largest absolute Gasteiger partial charge is 0.481 e. The van der Waals surface area contributed by atoms with Crippen LogP contribution >= 0.6 is 11.6 Å². The number of benzene rings is 1. The number of hydrogen-bond donors (Lipinski definition) is 2. The highest BCUT2D eigenvalue weighted by Gasteiger charge is 2.12. The van der Waals surface area contributed by atoms with E-state index in [1.807, 2.05) is 12.1 Å². The van der Waals surface area contributed by atoms with E-state index >= 15 is 0 Å². The van der Waals surface area contributed by atoms with Gasteiger partial charge in [0.15, 0.2) is 0 Å². The highest BCUT2D eigenvalue weighted by molar-refractivity contribution is 6.30. The summed E-state index contributed by atoms with van der Waals surface area (Å²) in [5.41, 5.74) is 0.939. The predicted octanol–water partition coefficient (Wildman–Crippen LogP) is 2.59. The summed E-state index contributed by atoms with van der Waals surface area (Å²) in [6.07, 6.45) is 0.409. The lowest BCUT2D eigenvalue weighted by Gasteiger charge is -2.18. The van der Waals surface area contributed by atoms with Crippen LogP contribution in [0.15, 0.2) is 24.3 Å². The van der Waals surface area contributed by atoms with Gasteiger partial charge in [0.05, 0.1) is 5.92 Å². The van der Waals surface area contributed by atoms with Gasteiger partial charge >= 0.3 is 12.0 Å². The SMILES string of the molecule is CC(CCNC(=O)N(C)Cc1cccc(Cl)c1)C(=O)O. The Morgan fingerprint density at radius 1 is 1.45 bits per heavy atom. The Morgan fingerprint density at radius 3 is 2.75 bits per heavy atom. The number of urea groups is 1. The molecule has 5 nitrogen and oxygen atoms in total. The van der Waals surface area contributed by atoms with E-state index in [1.165, 1.54) is 4.90 Å². The van der Waals surface area contributed by atoms with Gasteiger partial charge in [-0.2, -0.15) is 0 Å². The van der Waals surface area contributed by atoms with Crippen LogP contribution in [0.2, 0.25) is 5.02 Å². The molecule has 0 radical (unpaired) electrons. The lowest BCUT2D eigenvalue weighted by Crippen LogP contribution is -2.38. The zero-order chi connectivity index (χ0) is 15.1. The summed E-state index contributed by atoms with van der Waals surface area (Å²) in [6, 6.07) is 7.07. The van der Waals surface area contributed by atoms with Crippen molar-refractivity contribution < 1.29 is 14.7 Å².